The monoisotopic (exact) mass is 250 g/mol. The molecule has 0 aliphatic rings. The molecule has 0 saturated carbocycles. The van der Waals surface area contributed by atoms with Crippen LogP contribution in [0.25, 0.3) is 0 Å². The lowest BCUT2D eigenvalue weighted by molar-refractivity contribution is 0.0699. The molecule has 2 rings (SSSR count). The fourth-order valence-electron chi connectivity index (χ4n) is 1.33. The van der Waals surface area contributed by atoms with Crippen molar-refractivity contribution in [1.82, 2.24) is 9.59 Å². The number of rotatable bonds is 4. The zero-order valence-electron chi connectivity index (χ0n) is 9.08. The molecule has 5 nitrogen and oxygen atoms in total. The molecule has 17 heavy (non-hydrogen) atoms. The third-order valence-corrected chi connectivity index (χ3v) is 2.96. The number of carboxylic acid groups (broad SMARTS) is 1. The van der Waals surface area contributed by atoms with Crippen LogP contribution in [-0.4, -0.2) is 20.7 Å². The maximum Gasteiger partial charge on any atom is 0.349 e. The van der Waals surface area contributed by atoms with Gasteiger partial charge in [0.2, 0.25) is 0 Å². The molecular formula is C11H10N2O3S. The SMILES string of the molecule is Cc1ccccc1OCc1nnsc1C(=O)O. The molecule has 1 heterocycles. The van der Waals surface area contributed by atoms with E-state index in [0.29, 0.717) is 5.69 Å². The Kier molecular flexibility index (Phi) is 3.34. The van der Waals surface area contributed by atoms with Gasteiger partial charge in [-0.2, -0.15) is 0 Å². The van der Waals surface area contributed by atoms with Gasteiger partial charge in [0.05, 0.1) is 0 Å². The number of carbonyl (C=O) groups is 1. The maximum atomic E-state index is 10.8. The van der Waals surface area contributed by atoms with Crippen LogP contribution in [0.5, 0.6) is 5.75 Å². The van der Waals surface area contributed by atoms with Crippen LogP contribution in [0.1, 0.15) is 20.9 Å². The van der Waals surface area contributed by atoms with Gasteiger partial charge in [0.1, 0.15) is 18.1 Å². The molecule has 88 valence electrons. The van der Waals surface area contributed by atoms with Crippen molar-refractivity contribution in [2.75, 3.05) is 0 Å². The highest BCUT2D eigenvalue weighted by Crippen LogP contribution is 2.19. The molecular weight excluding hydrogens is 240 g/mol. The van der Waals surface area contributed by atoms with Gasteiger partial charge in [0.15, 0.2) is 4.88 Å². The molecule has 1 aromatic carbocycles. The van der Waals surface area contributed by atoms with E-state index in [4.69, 9.17) is 9.84 Å². The molecule has 0 amide bonds. The smallest absolute Gasteiger partial charge is 0.349 e. The number of aromatic nitrogens is 2. The van der Waals surface area contributed by atoms with Gasteiger partial charge >= 0.3 is 5.97 Å². The van der Waals surface area contributed by atoms with Crippen molar-refractivity contribution in [2.45, 2.75) is 13.5 Å². The van der Waals surface area contributed by atoms with E-state index in [1.54, 1.807) is 0 Å². The second-order valence-corrected chi connectivity index (χ2v) is 4.16. The number of aryl methyl sites for hydroxylation is 1. The summed E-state index contributed by atoms with van der Waals surface area (Å²) in [5.41, 5.74) is 1.35. The minimum atomic E-state index is -1.02. The van der Waals surface area contributed by atoms with Crippen molar-refractivity contribution in [2.24, 2.45) is 0 Å². The lowest BCUT2D eigenvalue weighted by atomic mass is 10.2. The van der Waals surface area contributed by atoms with Gasteiger partial charge in [0.25, 0.3) is 0 Å². The summed E-state index contributed by atoms with van der Waals surface area (Å²) in [5, 5.41) is 12.6. The first-order valence-electron chi connectivity index (χ1n) is 4.91. The van der Waals surface area contributed by atoms with Crippen LogP contribution >= 0.6 is 11.5 Å². The van der Waals surface area contributed by atoms with Gasteiger partial charge in [-0.05, 0) is 30.1 Å². The quantitative estimate of drug-likeness (QED) is 0.899. The molecule has 0 radical (unpaired) electrons. The Morgan fingerprint density at radius 2 is 2.24 bits per heavy atom. The standard InChI is InChI=1S/C11H10N2O3S/c1-7-4-2-3-5-9(7)16-6-8-10(11(14)15)17-13-12-8/h2-5H,6H2,1H3,(H,14,15). The number of para-hydroxylation sites is 1. The van der Waals surface area contributed by atoms with Crippen molar-refractivity contribution in [3.63, 3.8) is 0 Å². The fraction of sp³-hybridized carbons (Fsp3) is 0.182. The average Bonchev–Trinajstić information content (AvgIpc) is 2.76. The van der Waals surface area contributed by atoms with E-state index in [-0.39, 0.29) is 11.5 Å². The van der Waals surface area contributed by atoms with Crippen LogP contribution in [0.2, 0.25) is 0 Å². The van der Waals surface area contributed by atoms with Crippen LogP contribution in [-0.2, 0) is 6.61 Å². The van der Waals surface area contributed by atoms with Crippen LogP contribution in [0.3, 0.4) is 0 Å². The summed E-state index contributed by atoms with van der Waals surface area (Å²) >= 11 is 0.856. The topological polar surface area (TPSA) is 72.3 Å². The highest BCUT2D eigenvalue weighted by Gasteiger charge is 2.15. The Balaban J connectivity index is 2.10. The average molecular weight is 250 g/mol. The third kappa shape index (κ3) is 2.59. The lowest BCUT2D eigenvalue weighted by Gasteiger charge is -2.06. The lowest BCUT2D eigenvalue weighted by Crippen LogP contribution is -2.03. The molecule has 0 saturated heterocycles. The summed E-state index contributed by atoms with van der Waals surface area (Å²) in [6, 6.07) is 7.53. The Labute approximate surface area is 102 Å². The van der Waals surface area contributed by atoms with E-state index in [1.807, 2.05) is 31.2 Å². The van der Waals surface area contributed by atoms with E-state index < -0.39 is 5.97 Å². The second kappa shape index (κ2) is 4.92. The van der Waals surface area contributed by atoms with E-state index in [9.17, 15) is 4.79 Å². The molecule has 0 bridgehead atoms. The number of hydrogen-bond acceptors (Lipinski definition) is 5. The third-order valence-electron chi connectivity index (χ3n) is 2.21. The Morgan fingerprint density at radius 1 is 1.47 bits per heavy atom. The molecule has 1 aromatic heterocycles. The van der Waals surface area contributed by atoms with E-state index in [0.717, 1.165) is 22.8 Å². The molecule has 0 atom stereocenters. The first-order chi connectivity index (χ1) is 8.18. The fourth-order valence-corrected chi connectivity index (χ4v) is 1.83. The van der Waals surface area contributed by atoms with Crippen molar-refractivity contribution >= 4 is 17.5 Å². The number of ether oxygens (including phenoxy) is 1. The van der Waals surface area contributed by atoms with Crippen LogP contribution in [0.4, 0.5) is 0 Å². The van der Waals surface area contributed by atoms with E-state index >= 15 is 0 Å². The van der Waals surface area contributed by atoms with Gasteiger partial charge < -0.3 is 9.84 Å². The van der Waals surface area contributed by atoms with E-state index in [2.05, 4.69) is 9.59 Å². The summed E-state index contributed by atoms with van der Waals surface area (Å²) < 4.78 is 9.12. The molecule has 6 heteroatoms. The van der Waals surface area contributed by atoms with Crippen LogP contribution in [0.15, 0.2) is 24.3 Å². The zero-order valence-corrected chi connectivity index (χ0v) is 9.90. The predicted molar refractivity (Wildman–Crippen MR) is 62.4 cm³/mol. The zero-order chi connectivity index (χ0) is 12.3. The molecule has 2 aromatic rings. The highest BCUT2D eigenvalue weighted by molar-refractivity contribution is 7.07. The number of carboxylic acids is 1. The Bertz CT molecular complexity index is 539. The predicted octanol–water partition coefficient (Wildman–Crippen LogP) is 2.12. The van der Waals surface area contributed by atoms with Gasteiger partial charge in [-0.3, -0.25) is 0 Å². The molecule has 0 aliphatic heterocycles. The number of nitrogens with zero attached hydrogens (tertiary/aromatic N) is 2. The number of benzene rings is 1. The van der Waals surface area contributed by atoms with Gasteiger partial charge in [-0.25, -0.2) is 4.79 Å². The van der Waals surface area contributed by atoms with Crippen molar-refractivity contribution < 1.29 is 14.6 Å². The largest absolute Gasteiger partial charge is 0.487 e. The molecule has 0 unspecified atom stereocenters. The molecule has 0 aliphatic carbocycles. The van der Waals surface area contributed by atoms with Gasteiger partial charge in [0, 0.05) is 0 Å². The summed E-state index contributed by atoms with van der Waals surface area (Å²) in [7, 11) is 0. The minimum absolute atomic E-state index is 0.114. The normalized spacial score (nSPS) is 10.2. The Hall–Kier alpha value is -1.95. The highest BCUT2D eigenvalue weighted by atomic mass is 32.1. The van der Waals surface area contributed by atoms with Crippen molar-refractivity contribution in [3.05, 3.63) is 40.4 Å². The van der Waals surface area contributed by atoms with E-state index in [1.165, 1.54) is 0 Å². The maximum absolute atomic E-state index is 10.8. The molecule has 0 fully saturated rings. The summed E-state index contributed by atoms with van der Waals surface area (Å²) in [5.74, 6) is -0.305. The summed E-state index contributed by atoms with van der Waals surface area (Å²) in [6.07, 6.45) is 0. The van der Waals surface area contributed by atoms with Gasteiger partial charge in [-0.15, -0.1) is 5.10 Å². The second-order valence-electron chi connectivity index (χ2n) is 3.41. The summed E-state index contributed by atoms with van der Waals surface area (Å²) in [6.45, 7) is 2.04. The first kappa shape index (κ1) is 11.5. The number of hydrogen-bond donors (Lipinski definition) is 1. The first-order valence-corrected chi connectivity index (χ1v) is 5.69. The van der Waals surface area contributed by atoms with Crippen molar-refractivity contribution in [3.8, 4) is 5.75 Å². The number of aromatic carboxylic acids is 1. The molecule has 1 N–H and O–H groups in total. The summed E-state index contributed by atoms with van der Waals surface area (Å²) in [4.78, 5) is 11.0. The van der Waals surface area contributed by atoms with Crippen LogP contribution in [0, 0.1) is 6.92 Å². The minimum Gasteiger partial charge on any atom is -0.487 e. The van der Waals surface area contributed by atoms with Crippen LogP contribution < -0.4 is 4.74 Å². The van der Waals surface area contributed by atoms with Gasteiger partial charge in [-0.1, -0.05) is 22.7 Å². The Morgan fingerprint density at radius 3 is 2.94 bits per heavy atom. The molecule has 0 spiro atoms. The van der Waals surface area contributed by atoms with Crippen molar-refractivity contribution in [1.29, 1.82) is 0 Å².